The van der Waals surface area contributed by atoms with Gasteiger partial charge in [-0.25, -0.2) is 9.18 Å². The largest absolute Gasteiger partial charge is 0.513 e. The number of nitro groups is 1. The summed E-state index contributed by atoms with van der Waals surface area (Å²) in [6.45, 7) is 0. The molecule has 0 aliphatic carbocycles. The fourth-order valence-electron chi connectivity index (χ4n) is 0.852. The van der Waals surface area contributed by atoms with E-state index in [1.807, 2.05) is 0 Å². The van der Waals surface area contributed by atoms with Crippen molar-refractivity contribution in [3.63, 3.8) is 0 Å². The Kier molecular flexibility index (Phi) is 3.17. The Balaban J connectivity index is 3.07. The molecule has 0 N–H and O–H groups in total. The Morgan fingerprint density at radius 2 is 2.20 bits per heavy atom. The minimum absolute atomic E-state index is 0.494. The summed E-state index contributed by atoms with van der Waals surface area (Å²) in [6, 6.07) is 2.52. The van der Waals surface area contributed by atoms with Crippen LogP contribution in [-0.2, 0) is 4.74 Å². The van der Waals surface area contributed by atoms with Crippen LogP contribution in [-0.4, -0.2) is 18.2 Å². The number of nitro benzene ring substituents is 1. The summed E-state index contributed by atoms with van der Waals surface area (Å²) in [5.74, 6) is -1.24. The zero-order chi connectivity index (χ0) is 11.4. The van der Waals surface area contributed by atoms with Crippen molar-refractivity contribution in [3.8, 4) is 5.75 Å². The van der Waals surface area contributed by atoms with Gasteiger partial charge < -0.3 is 9.47 Å². The number of nitrogens with zero attached hydrogens (tertiary/aromatic N) is 1. The highest BCUT2D eigenvalue weighted by molar-refractivity contribution is 5.66. The summed E-state index contributed by atoms with van der Waals surface area (Å²) in [4.78, 5) is 20.3. The van der Waals surface area contributed by atoms with Gasteiger partial charge in [0.15, 0.2) is 0 Å². The molecule has 15 heavy (non-hydrogen) atoms. The molecule has 80 valence electrons. The third-order valence-corrected chi connectivity index (χ3v) is 1.48. The highest BCUT2D eigenvalue weighted by Crippen LogP contribution is 2.27. The van der Waals surface area contributed by atoms with Gasteiger partial charge in [-0.2, -0.15) is 0 Å². The average Bonchev–Trinajstić information content (AvgIpc) is 2.17. The molecule has 7 heteroatoms. The van der Waals surface area contributed by atoms with Gasteiger partial charge in [0, 0.05) is 12.1 Å². The highest BCUT2D eigenvalue weighted by Gasteiger charge is 2.18. The van der Waals surface area contributed by atoms with E-state index in [1.54, 1.807) is 0 Å². The Morgan fingerprint density at radius 3 is 2.73 bits per heavy atom. The van der Waals surface area contributed by atoms with Crippen LogP contribution in [0, 0.1) is 15.9 Å². The summed E-state index contributed by atoms with van der Waals surface area (Å²) in [6.07, 6.45) is -1.15. The lowest BCUT2D eigenvalue weighted by molar-refractivity contribution is -0.385. The molecule has 0 saturated heterocycles. The average molecular weight is 215 g/mol. The molecule has 0 aliphatic heterocycles. The van der Waals surface area contributed by atoms with E-state index in [4.69, 9.17) is 0 Å². The molecule has 0 saturated carbocycles. The molecule has 1 aromatic carbocycles. The number of ether oxygens (including phenoxy) is 2. The van der Waals surface area contributed by atoms with E-state index in [0.717, 1.165) is 25.3 Å². The number of halogens is 1. The first-order valence-corrected chi connectivity index (χ1v) is 3.74. The molecule has 0 unspecified atom stereocenters. The molecular weight excluding hydrogens is 209 g/mol. The number of carbonyl (C=O) groups is 1. The van der Waals surface area contributed by atoms with E-state index in [2.05, 4.69) is 9.47 Å². The van der Waals surface area contributed by atoms with Crippen molar-refractivity contribution < 1.29 is 23.6 Å². The van der Waals surface area contributed by atoms with Crippen molar-refractivity contribution in [1.82, 2.24) is 0 Å². The lowest BCUT2D eigenvalue weighted by atomic mass is 10.3. The number of benzene rings is 1. The van der Waals surface area contributed by atoms with Crippen molar-refractivity contribution in [3.05, 3.63) is 34.1 Å². The Labute approximate surface area is 83.4 Å². The standard InChI is InChI=1S/C8H6FNO5/c1-14-8(11)15-7-4-5(9)2-3-6(7)10(12)13/h2-4H,1H3. The first-order chi connectivity index (χ1) is 7.04. The van der Waals surface area contributed by atoms with Gasteiger partial charge in [0.25, 0.3) is 0 Å². The fraction of sp³-hybridized carbons (Fsp3) is 0.125. The van der Waals surface area contributed by atoms with Crippen molar-refractivity contribution in [2.24, 2.45) is 0 Å². The molecule has 0 bridgehead atoms. The van der Waals surface area contributed by atoms with Gasteiger partial charge in [-0.15, -0.1) is 0 Å². The summed E-state index contributed by atoms with van der Waals surface area (Å²) in [7, 11) is 1.04. The van der Waals surface area contributed by atoms with Crippen LogP contribution >= 0.6 is 0 Å². The SMILES string of the molecule is COC(=O)Oc1cc(F)ccc1[N+](=O)[O-]. The molecule has 0 fully saturated rings. The second-order valence-corrected chi connectivity index (χ2v) is 2.43. The molecule has 0 radical (unpaired) electrons. The van der Waals surface area contributed by atoms with Crippen LogP contribution in [0.4, 0.5) is 14.9 Å². The molecule has 0 heterocycles. The van der Waals surface area contributed by atoms with Crippen LogP contribution < -0.4 is 4.74 Å². The summed E-state index contributed by atoms with van der Waals surface area (Å²) < 4.78 is 21.2. The minimum Gasteiger partial charge on any atom is -0.437 e. The van der Waals surface area contributed by atoms with E-state index >= 15 is 0 Å². The summed E-state index contributed by atoms with van der Waals surface area (Å²) in [5, 5.41) is 10.5. The van der Waals surface area contributed by atoms with E-state index < -0.39 is 28.3 Å². The molecule has 0 spiro atoms. The lowest BCUT2D eigenvalue weighted by Crippen LogP contribution is -2.08. The number of hydrogen-bond donors (Lipinski definition) is 0. The quantitative estimate of drug-likeness (QED) is 0.325. The maximum atomic E-state index is 12.7. The fourth-order valence-corrected chi connectivity index (χ4v) is 0.852. The van der Waals surface area contributed by atoms with Crippen molar-refractivity contribution in [2.45, 2.75) is 0 Å². The predicted octanol–water partition coefficient (Wildman–Crippen LogP) is 1.88. The smallest absolute Gasteiger partial charge is 0.437 e. The Hall–Kier alpha value is -2.18. The molecule has 0 aromatic heterocycles. The summed E-state index contributed by atoms with van der Waals surface area (Å²) >= 11 is 0. The van der Waals surface area contributed by atoms with Crippen molar-refractivity contribution >= 4 is 11.8 Å². The third kappa shape index (κ3) is 2.63. The van der Waals surface area contributed by atoms with Crippen LogP contribution in [0.1, 0.15) is 0 Å². The van der Waals surface area contributed by atoms with Crippen LogP contribution in [0.2, 0.25) is 0 Å². The van der Waals surface area contributed by atoms with Gasteiger partial charge in [0.1, 0.15) is 5.82 Å². The molecule has 0 amide bonds. The van der Waals surface area contributed by atoms with Gasteiger partial charge in [-0.1, -0.05) is 0 Å². The molecule has 0 aliphatic rings. The summed E-state index contributed by atoms with van der Waals surface area (Å²) in [5.41, 5.74) is -0.512. The topological polar surface area (TPSA) is 78.7 Å². The number of methoxy groups -OCH3 is 1. The molecule has 1 aromatic rings. The monoisotopic (exact) mass is 215 g/mol. The molecule has 1 rings (SSSR count). The lowest BCUT2D eigenvalue weighted by Gasteiger charge is -2.02. The molecular formula is C8H6FNO5. The van der Waals surface area contributed by atoms with Crippen molar-refractivity contribution in [1.29, 1.82) is 0 Å². The number of carbonyl (C=O) groups excluding carboxylic acids is 1. The van der Waals surface area contributed by atoms with Gasteiger partial charge in [-0.05, 0) is 6.07 Å². The zero-order valence-electron chi connectivity index (χ0n) is 7.60. The minimum atomic E-state index is -1.15. The first-order valence-electron chi connectivity index (χ1n) is 3.74. The van der Waals surface area contributed by atoms with Gasteiger partial charge in [-0.3, -0.25) is 10.1 Å². The van der Waals surface area contributed by atoms with E-state index in [-0.39, 0.29) is 0 Å². The van der Waals surface area contributed by atoms with Gasteiger partial charge in [0.2, 0.25) is 5.75 Å². The van der Waals surface area contributed by atoms with Crippen LogP contribution in [0.5, 0.6) is 5.75 Å². The van der Waals surface area contributed by atoms with Crippen LogP contribution in [0.3, 0.4) is 0 Å². The second kappa shape index (κ2) is 4.36. The maximum Gasteiger partial charge on any atom is 0.513 e. The van der Waals surface area contributed by atoms with E-state index in [9.17, 15) is 19.3 Å². The van der Waals surface area contributed by atoms with Crippen LogP contribution in [0.15, 0.2) is 18.2 Å². The molecule has 0 atom stereocenters. The number of hydrogen-bond acceptors (Lipinski definition) is 5. The molecule has 6 nitrogen and oxygen atoms in total. The zero-order valence-corrected chi connectivity index (χ0v) is 7.60. The van der Waals surface area contributed by atoms with E-state index in [1.165, 1.54) is 0 Å². The predicted molar refractivity (Wildman–Crippen MR) is 46.1 cm³/mol. The first kappa shape index (κ1) is 10.9. The van der Waals surface area contributed by atoms with E-state index in [0.29, 0.717) is 0 Å². The maximum absolute atomic E-state index is 12.7. The van der Waals surface area contributed by atoms with Gasteiger partial charge in [0.05, 0.1) is 12.0 Å². The highest BCUT2D eigenvalue weighted by atomic mass is 19.1. The third-order valence-electron chi connectivity index (χ3n) is 1.48. The Bertz CT molecular complexity index is 406. The van der Waals surface area contributed by atoms with Crippen LogP contribution in [0.25, 0.3) is 0 Å². The van der Waals surface area contributed by atoms with Gasteiger partial charge >= 0.3 is 11.8 Å². The second-order valence-electron chi connectivity index (χ2n) is 2.43. The normalized spacial score (nSPS) is 9.47. The Morgan fingerprint density at radius 1 is 1.53 bits per heavy atom. The number of rotatable bonds is 2. The van der Waals surface area contributed by atoms with Crippen molar-refractivity contribution in [2.75, 3.05) is 7.11 Å².